The van der Waals surface area contributed by atoms with Gasteiger partial charge in [0, 0.05) is 7.05 Å². The fraction of sp³-hybridized carbons (Fsp3) is 0.826. The lowest BCUT2D eigenvalue weighted by Crippen LogP contribution is -2.45. The summed E-state index contributed by atoms with van der Waals surface area (Å²) in [5.74, 6) is -1.75. The van der Waals surface area contributed by atoms with E-state index in [0.717, 1.165) is 69.1 Å². The van der Waals surface area contributed by atoms with Crippen LogP contribution in [-0.4, -0.2) is 86.0 Å². The molecule has 0 spiro atoms. The number of carboxylic acids is 1. The number of aliphatic carboxylic acids is 1. The molecule has 0 aromatic heterocycles. The molecule has 0 amide bonds. The second-order valence-electron chi connectivity index (χ2n) is 9.20. The molecule has 0 saturated heterocycles. The molecule has 1 unspecified atom stereocenters. The lowest BCUT2D eigenvalue weighted by atomic mass is 9.98. The van der Waals surface area contributed by atoms with E-state index in [1.54, 1.807) is 0 Å². The second kappa shape index (κ2) is 16.4. The molecule has 0 radical (unpaired) electrons. The first kappa shape index (κ1) is 31.6. The molecule has 2 aliphatic rings. The fourth-order valence-corrected chi connectivity index (χ4v) is 5.19. The third kappa shape index (κ3) is 11.9. The lowest BCUT2D eigenvalue weighted by molar-refractivity contribution is -0.140. The summed E-state index contributed by atoms with van der Waals surface area (Å²) in [4.78, 5) is 36.0. The highest BCUT2D eigenvalue weighted by atomic mass is 31.2. The molecular weight excluding hydrogens is 525 g/mol. The molecule has 0 aromatic rings. The van der Waals surface area contributed by atoms with E-state index in [1.807, 2.05) is 0 Å². The van der Waals surface area contributed by atoms with Crippen molar-refractivity contribution in [3.63, 3.8) is 0 Å². The molecule has 14 nitrogen and oxygen atoms in total. The van der Waals surface area contributed by atoms with E-state index in [-0.39, 0.29) is 38.6 Å². The number of hydrogen-bond donors (Lipinski definition) is 3. The molecule has 15 heteroatoms. The number of carbonyl (C=O) groups is 3. The number of carbonyl (C=O) groups excluding carboxylic acids is 2. The van der Waals surface area contributed by atoms with Crippen LogP contribution in [0.2, 0.25) is 0 Å². The zero-order valence-electron chi connectivity index (χ0n) is 22.1. The minimum absolute atomic E-state index is 0.190. The fourth-order valence-electron chi connectivity index (χ4n) is 3.94. The maximum absolute atomic E-state index is 13.2. The zero-order chi connectivity index (χ0) is 28.0. The maximum Gasteiger partial charge on any atom is 0.508 e. The van der Waals surface area contributed by atoms with Crippen LogP contribution in [0.3, 0.4) is 0 Å². The Bertz CT molecular complexity index is 787. The SMILES string of the molecule is CC(C(=O)O)N(C)C(=N)NP(=O)(OCCOC(=O)OC1CCCCC1)OCCOC(=O)OC1CCCCC1. The monoisotopic (exact) mass is 565 g/mol. The van der Waals surface area contributed by atoms with Crippen LogP contribution < -0.4 is 5.09 Å². The van der Waals surface area contributed by atoms with Gasteiger partial charge in [-0.2, -0.15) is 0 Å². The number of hydrogen-bond acceptors (Lipinski definition) is 11. The minimum atomic E-state index is -4.26. The molecule has 1 atom stereocenters. The Morgan fingerprint density at radius 3 is 1.68 bits per heavy atom. The molecule has 0 heterocycles. The highest BCUT2D eigenvalue weighted by molar-refractivity contribution is 7.52. The molecule has 0 aliphatic heterocycles. The second-order valence-corrected chi connectivity index (χ2v) is 10.9. The number of guanidine groups is 1. The first-order valence-corrected chi connectivity index (χ1v) is 14.5. The number of ether oxygens (including phenoxy) is 4. The molecule has 2 rings (SSSR count). The van der Waals surface area contributed by atoms with Gasteiger partial charge in [-0.3, -0.25) is 19.5 Å². The van der Waals surface area contributed by atoms with Crippen molar-refractivity contribution < 1.29 is 52.1 Å². The van der Waals surface area contributed by atoms with Crippen LogP contribution in [-0.2, 0) is 37.4 Å². The van der Waals surface area contributed by atoms with Crippen molar-refractivity contribution in [2.75, 3.05) is 33.5 Å². The predicted octanol–water partition coefficient (Wildman–Crippen LogP) is 4.03. The largest absolute Gasteiger partial charge is 0.508 e. The van der Waals surface area contributed by atoms with Crippen molar-refractivity contribution in [3.05, 3.63) is 0 Å². The van der Waals surface area contributed by atoms with Crippen LogP contribution in [0.25, 0.3) is 0 Å². The van der Waals surface area contributed by atoms with E-state index >= 15 is 0 Å². The van der Waals surface area contributed by atoms with Crippen molar-refractivity contribution in [2.24, 2.45) is 0 Å². The molecule has 2 saturated carbocycles. The molecule has 3 N–H and O–H groups in total. The summed E-state index contributed by atoms with van der Waals surface area (Å²) < 4.78 is 44.2. The zero-order valence-corrected chi connectivity index (χ0v) is 23.0. The van der Waals surface area contributed by atoms with Crippen LogP contribution in [0.5, 0.6) is 0 Å². The van der Waals surface area contributed by atoms with Gasteiger partial charge in [-0.15, -0.1) is 0 Å². The van der Waals surface area contributed by atoms with Gasteiger partial charge in [-0.1, -0.05) is 12.8 Å². The first-order valence-electron chi connectivity index (χ1n) is 13.0. The predicted molar refractivity (Wildman–Crippen MR) is 134 cm³/mol. The third-order valence-electron chi connectivity index (χ3n) is 6.29. The Labute approximate surface area is 222 Å². The Hall–Kier alpha value is -2.57. The summed E-state index contributed by atoms with van der Waals surface area (Å²) in [6.45, 7) is -0.0259. The first-order chi connectivity index (χ1) is 18.1. The van der Waals surface area contributed by atoms with E-state index in [9.17, 15) is 18.9 Å². The van der Waals surface area contributed by atoms with Gasteiger partial charge in [0.1, 0.15) is 31.5 Å². The average molecular weight is 566 g/mol. The molecular formula is C23H40N3O11P. The van der Waals surface area contributed by atoms with Gasteiger partial charge in [-0.05, 0) is 58.3 Å². The number of rotatable bonds is 13. The van der Waals surface area contributed by atoms with E-state index in [4.69, 9.17) is 38.5 Å². The molecule has 0 aromatic carbocycles. The van der Waals surface area contributed by atoms with Gasteiger partial charge in [0.05, 0.1) is 13.2 Å². The van der Waals surface area contributed by atoms with Crippen molar-refractivity contribution in [2.45, 2.75) is 89.4 Å². The summed E-state index contributed by atoms with van der Waals surface area (Å²) in [5.41, 5.74) is 0. The standard InChI is InChI=1S/C23H40N3O11P/c1-17(20(27)28)26(2)21(24)25-38(31,34-15-13-32-22(29)36-18-9-5-3-6-10-18)35-16-14-33-23(30)37-19-11-7-4-8-12-19/h17-19H,3-16H2,1-2H3,(H,27,28)(H2,24,25,31). The number of carboxylic acid groups (broad SMARTS) is 1. The number of likely N-dealkylation sites (N-methyl/N-ethyl adjacent to an activating group) is 1. The summed E-state index contributed by atoms with van der Waals surface area (Å²) in [5, 5.41) is 19.5. The molecule has 2 aliphatic carbocycles. The quantitative estimate of drug-likeness (QED) is 0.0957. The van der Waals surface area contributed by atoms with E-state index in [1.165, 1.54) is 14.0 Å². The van der Waals surface area contributed by atoms with Gasteiger partial charge in [0.15, 0.2) is 0 Å². The van der Waals surface area contributed by atoms with Crippen LogP contribution in [0.4, 0.5) is 9.59 Å². The molecule has 2 fully saturated rings. The lowest BCUT2D eigenvalue weighted by Gasteiger charge is -2.27. The third-order valence-corrected chi connectivity index (χ3v) is 7.82. The Balaban J connectivity index is 1.82. The van der Waals surface area contributed by atoms with Crippen LogP contribution >= 0.6 is 7.75 Å². The number of nitrogens with one attached hydrogen (secondary N) is 2. The topological polar surface area (TPSA) is 183 Å². The average Bonchev–Trinajstić information content (AvgIpc) is 2.89. The van der Waals surface area contributed by atoms with Crippen molar-refractivity contribution in [1.29, 1.82) is 5.41 Å². The highest BCUT2D eigenvalue weighted by Crippen LogP contribution is 2.43. The van der Waals surface area contributed by atoms with Gasteiger partial charge in [-0.25, -0.2) is 18.9 Å². The molecule has 218 valence electrons. The minimum Gasteiger partial charge on any atom is -0.480 e. The van der Waals surface area contributed by atoms with Crippen molar-refractivity contribution in [3.8, 4) is 0 Å². The summed E-state index contributed by atoms with van der Waals surface area (Å²) in [7, 11) is -2.95. The Morgan fingerprint density at radius 2 is 1.29 bits per heavy atom. The summed E-state index contributed by atoms with van der Waals surface area (Å²) in [6.07, 6.45) is 7.14. The van der Waals surface area contributed by atoms with E-state index < -0.39 is 38.0 Å². The smallest absolute Gasteiger partial charge is 0.480 e. The van der Waals surface area contributed by atoms with E-state index in [2.05, 4.69) is 5.09 Å². The van der Waals surface area contributed by atoms with Crippen molar-refractivity contribution in [1.82, 2.24) is 9.99 Å². The Kier molecular flexibility index (Phi) is 13.7. The Morgan fingerprint density at radius 1 is 0.868 bits per heavy atom. The van der Waals surface area contributed by atoms with Gasteiger partial charge in [0.25, 0.3) is 0 Å². The highest BCUT2D eigenvalue weighted by Gasteiger charge is 2.30. The van der Waals surface area contributed by atoms with Gasteiger partial charge in [0.2, 0.25) is 5.96 Å². The van der Waals surface area contributed by atoms with Crippen LogP contribution in [0.1, 0.15) is 71.1 Å². The summed E-state index contributed by atoms with van der Waals surface area (Å²) in [6, 6.07) is -1.11. The van der Waals surface area contributed by atoms with Gasteiger partial charge < -0.3 is 29.0 Å². The normalized spacial score (nSPS) is 17.6. The van der Waals surface area contributed by atoms with Crippen molar-refractivity contribution >= 4 is 32.0 Å². The summed E-state index contributed by atoms with van der Waals surface area (Å²) >= 11 is 0. The van der Waals surface area contributed by atoms with Crippen LogP contribution in [0, 0.1) is 5.41 Å². The maximum atomic E-state index is 13.2. The van der Waals surface area contributed by atoms with Gasteiger partial charge >= 0.3 is 26.0 Å². The molecule has 38 heavy (non-hydrogen) atoms. The number of nitrogens with zero attached hydrogens (tertiary/aromatic N) is 1. The van der Waals surface area contributed by atoms with Crippen LogP contribution in [0.15, 0.2) is 0 Å². The van der Waals surface area contributed by atoms with E-state index in [0.29, 0.717) is 0 Å². The molecule has 0 bridgehead atoms.